The third-order valence-electron chi connectivity index (χ3n) is 8.32. The van der Waals surface area contributed by atoms with Crippen LogP contribution in [0.1, 0.15) is 67.8 Å². The van der Waals surface area contributed by atoms with E-state index in [1.54, 1.807) is 38.1 Å². The van der Waals surface area contributed by atoms with E-state index < -0.39 is 47.8 Å². The summed E-state index contributed by atoms with van der Waals surface area (Å²) in [4.78, 5) is 41.8. The number of amides is 1. The first-order valence-corrected chi connectivity index (χ1v) is 17.7. The first-order valence-electron chi connectivity index (χ1n) is 16.9. The van der Waals surface area contributed by atoms with Gasteiger partial charge in [-0.15, -0.1) is 21.5 Å². The van der Waals surface area contributed by atoms with Crippen molar-refractivity contribution < 1.29 is 60.1 Å². The number of benzene rings is 2. The molecule has 6 rings (SSSR count). The quantitative estimate of drug-likeness (QED) is 0.0846. The zero-order valence-corrected chi connectivity index (χ0v) is 30.4. The van der Waals surface area contributed by atoms with E-state index in [1.165, 1.54) is 18.2 Å². The SMILES string of the molecule is CCOC(=O)c1c([C@H]2NCC[C@@H]2O)nc(CCc2ccc(F)cc2)c(-c2nnc(C)o2)c1-c1ccc(C(=O)NCc2ccc(F)c(F)c2)s1.O=C(O)C(F)(F)F. The Morgan fingerprint density at radius 1 is 0.982 bits per heavy atom. The van der Waals surface area contributed by atoms with E-state index in [-0.39, 0.29) is 46.9 Å². The maximum atomic E-state index is 13.9. The van der Waals surface area contributed by atoms with Gasteiger partial charge in [-0.05, 0) is 80.3 Å². The number of carboxylic acid groups (broad SMARTS) is 1. The minimum Gasteiger partial charge on any atom is -0.475 e. The second kappa shape index (κ2) is 17.9. The Balaban J connectivity index is 0.000000784. The van der Waals surface area contributed by atoms with Gasteiger partial charge in [-0.25, -0.2) is 22.8 Å². The number of nitrogens with zero attached hydrogens (tertiary/aromatic N) is 3. The molecule has 0 spiro atoms. The van der Waals surface area contributed by atoms with Crippen molar-refractivity contribution in [3.63, 3.8) is 0 Å². The number of aliphatic hydroxyl groups is 1. The lowest BCUT2D eigenvalue weighted by Crippen LogP contribution is -2.27. The number of aliphatic hydroxyl groups excluding tert-OH is 1. The molecule has 1 saturated heterocycles. The van der Waals surface area contributed by atoms with Crippen LogP contribution in [0.5, 0.6) is 0 Å². The molecule has 4 heterocycles. The first-order chi connectivity index (χ1) is 26.6. The number of aryl methyl sites for hydroxylation is 3. The van der Waals surface area contributed by atoms with Crippen LogP contribution in [-0.4, -0.2) is 68.7 Å². The average Bonchev–Trinajstić information content (AvgIpc) is 3.92. The van der Waals surface area contributed by atoms with E-state index in [0.29, 0.717) is 53.1 Å². The highest BCUT2D eigenvalue weighted by Gasteiger charge is 2.39. The number of carbonyl (C=O) groups excluding carboxylic acids is 2. The molecule has 0 radical (unpaired) electrons. The first kappa shape index (κ1) is 41.5. The molecule has 1 amide bonds. The van der Waals surface area contributed by atoms with Gasteiger partial charge in [-0.3, -0.25) is 9.78 Å². The lowest BCUT2D eigenvalue weighted by Gasteiger charge is -2.23. The fraction of sp³-hybridized carbons (Fsp3) is 0.297. The number of carboxylic acids is 1. The Hall–Kier alpha value is -5.66. The van der Waals surface area contributed by atoms with Gasteiger partial charge in [0.05, 0.1) is 46.1 Å². The lowest BCUT2D eigenvalue weighted by molar-refractivity contribution is -0.192. The van der Waals surface area contributed by atoms with Gasteiger partial charge in [0.1, 0.15) is 5.82 Å². The van der Waals surface area contributed by atoms with Crippen LogP contribution in [0.15, 0.2) is 59.0 Å². The summed E-state index contributed by atoms with van der Waals surface area (Å²) in [5.41, 5.74) is 2.73. The zero-order valence-electron chi connectivity index (χ0n) is 29.5. The topological polar surface area (TPSA) is 177 Å². The number of ether oxygens (including phenoxy) is 1. The number of esters is 1. The number of carbonyl (C=O) groups is 3. The van der Waals surface area contributed by atoms with E-state index in [0.717, 1.165) is 29.0 Å². The summed E-state index contributed by atoms with van der Waals surface area (Å²) in [5.74, 6) is -5.95. The number of rotatable bonds is 11. The Labute approximate surface area is 318 Å². The Morgan fingerprint density at radius 3 is 2.27 bits per heavy atom. The van der Waals surface area contributed by atoms with Gasteiger partial charge < -0.3 is 30.0 Å². The number of aromatic nitrogens is 3. The molecule has 0 saturated carbocycles. The summed E-state index contributed by atoms with van der Waals surface area (Å²) in [5, 5.41) is 32.4. The Morgan fingerprint density at radius 2 is 1.68 bits per heavy atom. The van der Waals surface area contributed by atoms with Crippen molar-refractivity contribution in [3.05, 3.63) is 111 Å². The third kappa shape index (κ3) is 9.95. The van der Waals surface area contributed by atoms with Gasteiger partial charge in [0.2, 0.25) is 11.8 Å². The number of alkyl halides is 3. The van der Waals surface area contributed by atoms with Crippen LogP contribution in [0.4, 0.5) is 26.3 Å². The van der Waals surface area contributed by atoms with Crippen molar-refractivity contribution in [2.24, 2.45) is 0 Å². The molecule has 12 nitrogen and oxygen atoms in total. The predicted octanol–water partition coefficient (Wildman–Crippen LogP) is 6.51. The standard InChI is InChI=1S/C35H32F3N5O5S.C2HF3O2/c1-3-47-35(46)30-29(26-12-13-27(49-26)33(45)40-17-20-6-10-22(37)23(38)16-20)28(34-43-42-18(2)48-34)24(11-7-19-4-8-21(36)9-5-19)41-32(30)31-25(44)14-15-39-31;3-2(4,5)1(6)7/h4-6,8-10,12-13,16,25,31,39,44H,3,7,11,14-15,17H2,1-2H3,(H,40,45);(H,6,7)/t25-,31-;/m0./s1. The van der Waals surface area contributed by atoms with E-state index >= 15 is 0 Å². The van der Waals surface area contributed by atoms with Gasteiger partial charge in [0.25, 0.3) is 5.91 Å². The second-order valence-corrected chi connectivity index (χ2v) is 13.3. The molecule has 19 heteroatoms. The van der Waals surface area contributed by atoms with Gasteiger partial charge in [-0.2, -0.15) is 13.2 Å². The summed E-state index contributed by atoms with van der Waals surface area (Å²) >= 11 is 1.08. The molecule has 296 valence electrons. The highest BCUT2D eigenvalue weighted by Crippen LogP contribution is 2.44. The van der Waals surface area contributed by atoms with Gasteiger partial charge in [0, 0.05) is 23.9 Å². The molecule has 3 aromatic heterocycles. The fourth-order valence-electron chi connectivity index (χ4n) is 5.74. The molecule has 5 aromatic rings. The summed E-state index contributed by atoms with van der Waals surface area (Å²) in [6.07, 6.45) is -4.76. The number of hydrogen-bond acceptors (Lipinski definition) is 11. The molecule has 4 N–H and O–H groups in total. The number of pyridine rings is 1. The van der Waals surface area contributed by atoms with Crippen LogP contribution in [0.3, 0.4) is 0 Å². The average molecular weight is 806 g/mol. The normalized spacial score (nSPS) is 15.2. The second-order valence-electron chi connectivity index (χ2n) is 12.2. The van der Waals surface area contributed by atoms with E-state index in [1.807, 2.05) is 0 Å². The monoisotopic (exact) mass is 805 g/mol. The van der Waals surface area contributed by atoms with Gasteiger partial charge in [-0.1, -0.05) is 18.2 Å². The van der Waals surface area contributed by atoms with Crippen molar-refractivity contribution in [3.8, 4) is 21.9 Å². The number of aliphatic carboxylic acids is 1. The van der Waals surface area contributed by atoms with E-state index in [2.05, 4.69) is 20.8 Å². The largest absolute Gasteiger partial charge is 0.490 e. The van der Waals surface area contributed by atoms with Crippen LogP contribution in [0.25, 0.3) is 21.9 Å². The molecule has 2 aromatic carbocycles. The molecule has 1 aliphatic rings. The van der Waals surface area contributed by atoms with Crippen LogP contribution in [-0.2, 0) is 28.9 Å². The van der Waals surface area contributed by atoms with Crippen LogP contribution in [0, 0.1) is 24.4 Å². The van der Waals surface area contributed by atoms with Gasteiger partial charge >= 0.3 is 18.1 Å². The van der Waals surface area contributed by atoms with Gasteiger partial charge in [0.15, 0.2) is 11.6 Å². The number of nitrogens with one attached hydrogen (secondary N) is 2. The van der Waals surface area contributed by atoms with Crippen LogP contribution < -0.4 is 10.6 Å². The summed E-state index contributed by atoms with van der Waals surface area (Å²) in [6.45, 7) is 3.79. The fourth-order valence-corrected chi connectivity index (χ4v) is 6.72. The van der Waals surface area contributed by atoms with Crippen LogP contribution >= 0.6 is 11.3 Å². The van der Waals surface area contributed by atoms with Crippen molar-refractivity contribution in [2.45, 2.75) is 58.0 Å². The molecule has 1 fully saturated rings. The maximum Gasteiger partial charge on any atom is 0.490 e. The van der Waals surface area contributed by atoms with E-state index in [4.69, 9.17) is 24.0 Å². The maximum absolute atomic E-state index is 13.9. The zero-order chi connectivity index (χ0) is 40.7. The molecular weight excluding hydrogens is 772 g/mol. The highest BCUT2D eigenvalue weighted by molar-refractivity contribution is 7.17. The molecule has 0 bridgehead atoms. The number of hydrogen-bond donors (Lipinski definition) is 4. The van der Waals surface area contributed by atoms with Crippen molar-refractivity contribution >= 4 is 29.2 Å². The molecule has 56 heavy (non-hydrogen) atoms. The summed E-state index contributed by atoms with van der Waals surface area (Å²) in [7, 11) is 0. The van der Waals surface area contributed by atoms with Crippen LogP contribution in [0.2, 0.25) is 0 Å². The Bertz CT molecular complexity index is 2210. The third-order valence-corrected chi connectivity index (χ3v) is 9.42. The van der Waals surface area contributed by atoms with Crippen molar-refractivity contribution in [2.75, 3.05) is 13.2 Å². The minimum atomic E-state index is -5.08. The lowest BCUT2D eigenvalue weighted by atomic mass is 9.91. The number of halogens is 6. The smallest absolute Gasteiger partial charge is 0.475 e. The molecule has 0 aliphatic carbocycles. The van der Waals surface area contributed by atoms with Crippen molar-refractivity contribution in [1.82, 2.24) is 25.8 Å². The molecule has 1 aliphatic heterocycles. The predicted molar refractivity (Wildman–Crippen MR) is 188 cm³/mol. The Kier molecular flexibility index (Phi) is 13.2. The van der Waals surface area contributed by atoms with Crippen molar-refractivity contribution in [1.29, 1.82) is 0 Å². The molecular formula is C37H33F6N5O7S. The molecule has 0 unspecified atom stereocenters. The number of thiophene rings is 1. The van der Waals surface area contributed by atoms with E-state index in [9.17, 15) is 41.0 Å². The highest BCUT2D eigenvalue weighted by atomic mass is 32.1. The summed E-state index contributed by atoms with van der Waals surface area (Å²) < 4.78 is 84.0. The molecule has 2 atom stereocenters. The summed E-state index contributed by atoms with van der Waals surface area (Å²) in [6, 6.07) is 12.0. The minimum absolute atomic E-state index is 0.0535.